The van der Waals surface area contributed by atoms with Gasteiger partial charge in [-0.05, 0) is 23.7 Å². The molecule has 2 aromatic rings. The van der Waals surface area contributed by atoms with Crippen molar-refractivity contribution >= 4 is 33.2 Å². The molecule has 0 atom stereocenters. The molecule has 0 saturated heterocycles. The fourth-order valence-corrected chi connectivity index (χ4v) is 1.76. The van der Waals surface area contributed by atoms with Gasteiger partial charge in [0.2, 0.25) is 11.0 Å². The molecule has 1 aromatic heterocycles. The van der Waals surface area contributed by atoms with E-state index in [9.17, 15) is 10.1 Å². The molecule has 0 bridgehead atoms. The second kappa shape index (κ2) is 5.97. The van der Waals surface area contributed by atoms with Crippen LogP contribution in [0, 0.1) is 10.1 Å². The van der Waals surface area contributed by atoms with Gasteiger partial charge in [-0.3, -0.25) is 10.1 Å². The van der Waals surface area contributed by atoms with Crippen molar-refractivity contribution in [3.05, 3.63) is 38.1 Å². The first-order chi connectivity index (χ1) is 9.49. The van der Waals surface area contributed by atoms with Gasteiger partial charge in [0.05, 0.1) is 12.0 Å². The van der Waals surface area contributed by atoms with E-state index < -0.39 is 4.92 Å². The largest absolute Gasteiger partial charge is 0.467 e. The third-order valence-corrected chi connectivity index (χ3v) is 2.73. The van der Waals surface area contributed by atoms with Crippen LogP contribution in [0.5, 0.6) is 17.8 Å². The van der Waals surface area contributed by atoms with Gasteiger partial charge in [-0.1, -0.05) is 15.9 Å². The number of aromatic nitrogens is 3. The summed E-state index contributed by atoms with van der Waals surface area (Å²) in [4.78, 5) is 21.5. The van der Waals surface area contributed by atoms with Gasteiger partial charge in [0, 0.05) is 10.5 Å². The van der Waals surface area contributed by atoms with Crippen molar-refractivity contribution in [2.45, 2.75) is 0 Å². The minimum atomic E-state index is -0.583. The fourth-order valence-electron chi connectivity index (χ4n) is 1.27. The molecule has 8 nitrogen and oxygen atoms in total. The number of ether oxygens (including phenoxy) is 2. The highest BCUT2D eigenvalue weighted by atomic mass is 79.9. The molecule has 0 aliphatic rings. The molecule has 0 aliphatic heterocycles. The third kappa shape index (κ3) is 3.31. The minimum absolute atomic E-state index is 0.0254. The lowest BCUT2D eigenvalue weighted by Crippen LogP contribution is -2.00. The summed E-state index contributed by atoms with van der Waals surface area (Å²) in [7, 11) is 1.34. The summed E-state index contributed by atoms with van der Waals surface area (Å²) in [5, 5.41) is 10.8. The van der Waals surface area contributed by atoms with Crippen LogP contribution in [0.1, 0.15) is 0 Å². The summed E-state index contributed by atoms with van der Waals surface area (Å²) in [5.41, 5.74) is -0.241. The number of hydrogen-bond acceptors (Lipinski definition) is 7. The average Bonchev–Trinajstić information content (AvgIpc) is 2.40. The Labute approximate surface area is 126 Å². The van der Waals surface area contributed by atoms with Crippen LogP contribution in [-0.2, 0) is 0 Å². The van der Waals surface area contributed by atoms with Gasteiger partial charge >= 0.3 is 17.7 Å². The van der Waals surface area contributed by atoms with E-state index in [2.05, 4.69) is 30.9 Å². The maximum absolute atomic E-state index is 11.0. The molecule has 20 heavy (non-hydrogen) atoms. The van der Waals surface area contributed by atoms with E-state index >= 15 is 0 Å². The van der Waals surface area contributed by atoms with Crippen molar-refractivity contribution in [2.75, 3.05) is 7.11 Å². The number of benzene rings is 1. The predicted molar refractivity (Wildman–Crippen MR) is 72.3 cm³/mol. The van der Waals surface area contributed by atoms with E-state index in [0.717, 1.165) is 0 Å². The molecule has 2 rings (SSSR count). The zero-order chi connectivity index (χ0) is 14.7. The first-order valence-corrected chi connectivity index (χ1v) is 6.24. The van der Waals surface area contributed by atoms with Gasteiger partial charge in [-0.2, -0.15) is 9.97 Å². The number of hydrogen-bond donors (Lipinski definition) is 0. The molecule has 0 unspecified atom stereocenters. The fraction of sp³-hybridized carbons (Fsp3) is 0.100. The van der Waals surface area contributed by atoms with Crippen LogP contribution in [-0.4, -0.2) is 27.0 Å². The molecule has 1 heterocycles. The van der Waals surface area contributed by atoms with Crippen LogP contribution in [0.2, 0.25) is 5.28 Å². The molecule has 0 aliphatic carbocycles. The normalized spacial score (nSPS) is 10.2. The summed E-state index contributed by atoms with van der Waals surface area (Å²) < 4.78 is 10.6. The maximum Gasteiger partial charge on any atom is 0.329 e. The van der Waals surface area contributed by atoms with Crippen molar-refractivity contribution < 1.29 is 14.4 Å². The van der Waals surface area contributed by atoms with Gasteiger partial charge in [-0.25, -0.2) is 0 Å². The first kappa shape index (κ1) is 14.4. The summed E-state index contributed by atoms with van der Waals surface area (Å²) in [6.07, 6.45) is 0. The Hall–Kier alpha value is -2.00. The lowest BCUT2D eigenvalue weighted by Gasteiger charge is -2.06. The molecule has 0 radical (unpaired) electrons. The molecular weight excluding hydrogens is 355 g/mol. The van der Waals surface area contributed by atoms with Crippen molar-refractivity contribution in [3.63, 3.8) is 0 Å². The van der Waals surface area contributed by atoms with Gasteiger partial charge in [0.1, 0.15) is 0 Å². The molecule has 1 aromatic carbocycles. The molecule has 0 amide bonds. The second-order valence-electron chi connectivity index (χ2n) is 3.34. The smallest absolute Gasteiger partial charge is 0.329 e. The van der Waals surface area contributed by atoms with E-state index in [1.54, 1.807) is 6.07 Å². The summed E-state index contributed by atoms with van der Waals surface area (Å²) in [6.45, 7) is 0. The Kier molecular flexibility index (Phi) is 4.30. The topological polar surface area (TPSA) is 100 Å². The van der Waals surface area contributed by atoms with E-state index in [0.29, 0.717) is 4.47 Å². The molecule has 0 saturated carbocycles. The molecule has 0 N–H and O–H groups in total. The molecule has 10 heteroatoms. The van der Waals surface area contributed by atoms with E-state index in [-0.39, 0.29) is 28.7 Å². The minimum Gasteiger partial charge on any atom is -0.467 e. The number of rotatable bonds is 4. The van der Waals surface area contributed by atoms with Crippen molar-refractivity contribution in [2.24, 2.45) is 0 Å². The highest BCUT2D eigenvalue weighted by Gasteiger charge is 2.18. The van der Waals surface area contributed by atoms with Gasteiger partial charge < -0.3 is 9.47 Å². The van der Waals surface area contributed by atoms with Crippen molar-refractivity contribution in [3.8, 4) is 17.8 Å². The average molecular weight is 362 g/mol. The highest BCUT2D eigenvalue weighted by Crippen LogP contribution is 2.32. The molecule has 104 valence electrons. The van der Waals surface area contributed by atoms with Gasteiger partial charge in [0.25, 0.3) is 0 Å². The SMILES string of the molecule is COc1nc(Cl)nc(Oc2ccc(Br)cc2[N+](=O)[O-])n1. The van der Waals surface area contributed by atoms with Crippen molar-refractivity contribution in [1.82, 2.24) is 15.0 Å². The molecule has 0 spiro atoms. The van der Waals surface area contributed by atoms with Gasteiger partial charge in [-0.15, -0.1) is 4.98 Å². The summed E-state index contributed by atoms with van der Waals surface area (Å²) in [6, 6.07) is 4.04. The Morgan fingerprint density at radius 3 is 2.65 bits per heavy atom. The quantitative estimate of drug-likeness (QED) is 0.609. The Morgan fingerprint density at radius 2 is 2.00 bits per heavy atom. The lowest BCUT2D eigenvalue weighted by molar-refractivity contribution is -0.385. The lowest BCUT2D eigenvalue weighted by atomic mass is 10.3. The second-order valence-corrected chi connectivity index (χ2v) is 4.60. The zero-order valence-electron chi connectivity index (χ0n) is 9.91. The van der Waals surface area contributed by atoms with E-state index in [1.165, 1.54) is 19.2 Å². The highest BCUT2D eigenvalue weighted by molar-refractivity contribution is 9.10. The number of halogens is 2. The molecule has 0 fully saturated rings. The van der Waals surface area contributed by atoms with E-state index in [4.69, 9.17) is 21.1 Å². The Bertz CT molecular complexity index is 670. The third-order valence-electron chi connectivity index (χ3n) is 2.07. The maximum atomic E-state index is 11.0. The summed E-state index contributed by atoms with van der Waals surface area (Å²) in [5.74, 6) is -0.0254. The zero-order valence-corrected chi connectivity index (χ0v) is 12.3. The van der Waals surface area contributed by atoms with Crippen LogP contribution in [0.4, 0.5) is 5.69 Å². The van der Waals surface area contributed by atoms with Gasteiger partial charge in [0.15, 0.2) is 0 Å². The first-order valence-electron chi connectivity index (χ1n) is 5.07. The standard InChI is InChI=1S/C10H6BrClN4O4/c1-19-9-13-8(12)14-10(15-9)20-7-3-2-5(11)4-6(7)16(17)18/h2-4H,1H3. The number of nitrogens with zero attached hydrogens (tertiary/aromatic N) is 4. The van der Waals surface area contributed by atoms with Crippen LogP contribution in [0.3, 0.4) is 0 Å². The van der Waals surface area contributed by atoms with Crippen LogP contribution >= 0.6 is 27.5 Å². The van der Waals surface area contributed by atoms with Crippen LogP contribution in [0.25, 0.3) is 0 Å². The Morgan fingerprint density at radius 1 is 1.30 bits per heavy atom. The number of methoxy groups -OCH3 is 1. The monoisotopic (exact) mass is 360 g/mol. The van der Waals surface area contributed by atoms with Crippen LogP contribution < -0.4 is 9.47 Å². The van der Waals surface area contributed by atoms with Crippen LogP contribution in [0.15, 0.2) is 22.7 Å². The predicted octanol–water partition coefficient (Wildman–Crippen LogP) is 3.00. The Balaban J connectivity index is 2.39. The van der Waals surface area contributed by atoms with Crippen molar-refractivity contribution in [1.29, 1.82) is 0 Å². The van der Waals surface area contributed by atoms with E-state index in [1.807, 2.05) is 0 Å². The number of nitro benzene ring substituents is 1. The number of nitro groups is 1. The molecular formula is C10H6BrClN4O4. The summed E-state index contributed by atoms with van der Waals surface area (Å²) >= 11 is 8.80.